The van der Waals surface area contributed by atoms with Gasteiger partial charge in [0.15, 0.2) is 5.16 Å². The van der Waals surface area contributed by atoms with Crippen LogP contribution in [0.25, 0.3) is 0 Å². The van der Waals surface area contributed by atoms with Gasteiger partial charge in [-0.25, -0.2) is 0 Å². The van der Waals surface area contributed by atoms with Crippen molar-refractivity contribution in [2.75, 3.05) is 12.9 Å². The lowest BCUT2D eigenvalue weighted by Gasteiger charge is -2.41. The maximum Gasteiger partial charge on any atom is 0.313 e. The molecule has 0 saturated heterocycles. The van der Waals surface area contributed by atoms with Crippen molar-refractivity contribution in [3.63, 3.8) is 0 Å². The van der Waals surface area contributed by atoms with E-state index in [2.05, 4.69) is 10.2 Å². The van der Waals surface area contributed by atoms with Crippen LogP contribution in [0.1, 0.15) is 32.0 Å². The number of carbonyl (C=O) groups is 1. The van der Waals surface area contributed by atoms with Gasteiger partial charge >= 0.3 is 5.97 Å². The third kappa shape index (κ3) is 3.09. The molecule has 0 amide bonds. The third-order valence-corrected chi connectivity index (χ3v) is 4.53. The summed E-state index contributed by atoms with van der Waals surface area (Å²) in [5, 5.41) is 17.7. The molecule has 0 bridgehead atoms. The summed E-state index contributed by atoms with van der Waals surface area (Å²) in [5.41, 5.74) is -0.120. The minimum absolute atomic E-state index is 0.00182. The highest BCUT2D eigenvalue weighted by Gasteiger charge is 2.38. The maximum atomic E-state index is 10.7. The Kier molecular flexibility index (Phi) is 4.46. The van der Waals surface area contributed by atoms with Gasteiger partial charge in [-0.3, -0.25) is 4.79 Å². The molecular formula is C12H19N3O3S. The Labute approximate surface area is 116 Å². The molecule has 19 heavy (non-hydrogen) atoms. The number of methoxy groups -OCH3 is 1. The number of carboxylic acids is 1. The number of nitrogens with zero attached hydrogens (tertiary/aromatic N) is 3. The van der Waals surface area contributed by atoms with Crippen molar-refractivity contribution < 1.29 is 14.6 Å². The smallest absolute Gasteiger partial charge is 0.313 e. The second-order valence-corrected chi connectivity index (χ2v) is 5.70. The van der Waals surface area contributed by atoms with E-state index in [9.17, 15) is 4.79 Å². The number of thioether (sulfide) groups is 1. The van der Waals surface area contributed by atoms with E-state index in [0.717, 1.165) is 25.1 Å². The summed E-state index contributed by atoms with van der Waals surface area (Å²) in [7, 11) is 1.74. The molecule has 1 aromatic heterocycles. The summed E-state index contributed by atoms with van der Waals surface area (Å²) < 4.78 is 7.64. The molecule has 0 radical (unpaired) electrons. The van der Waals surface area contributed by atoms with Crippen LogP contribution in [0.5, 0.6) is 0 Å². The maximum absolute atomic E-state index is 10.7. The number of hydrogen-bond acceptors (Lipinski definition) is 5. The lowest BCUT2D eigenvalue weighted by Crippen LogP contribution is -2.43. The molecule has 0 aromatic carbocycles. The van der Waals surface area contributed by atoms with Gasteiger partial charge in [0.2, 0.25) is 0 Å². The highest BCUT2D eigenvalue weighted by molar-refractivity contribution is 7.99. The first-order chi connectivity index (χ1) is 9.10. The van der Waals surface area contributed by atoms with Gasteiger partial charge in [0.05, 0.1) is 17.9 Å². The van der Waals surface area contributed by atoms with Crippen molar-refractivity contribution in [1.82, 2.24) is 14.8 Å². The van der Waals surface area contributed by atoms with Crippen LogP contribution in [-0.2, 0) is 22.5 Å². The molecular weight excluding hydrogens is 266 g/mol. The van der Waals surface area contributed by atoms with E-state index in [-0.39, 0.29) is 11.4 Å². The Hall–Kier alpha value is -1.08. The molecule has 106 valence electrons. The predicted molar refractivity (Wildman–Crippen MR) is 71.4 cm³/mol. The fraction of sp³-hybridized carbons (Fsp3) is 0.750. The molecule has 0 spiro atoms. The number of hydrogen-bond donors (Lipinski definition) is 1. The molecule has 2 rings (SSSR count). The topological polar surface area (TPSA) is 77.2 Å². The molecule has 0 atom stereocenters. The zero-order valence-corrected chi connectivity index (χ0v) is 12.1. The quantitative estimate of drug-likeness (QED) is 0.767. The van der Waals surface area contributed by atoms with E-state index in [0.29, 0.717) is 11.7 Å². The number of rotatable bonds is 7. The molecule has 1 N–H and O–H groups in total. The fourth-order valence-corrected chi connectivity index (χ4v) is 2.94. The van der Waals surface area contributed by atoms with Crippen molar-refractivity contribution in [3.05, 3.63) is 5.82 Å². The first-order valence-corrected chi connectivity index (χ1v) is 7.40. The molecule has 1 aliphatic rings. The van der Waals surface area contributed by atoms with Gasteiger partial charge in [-0.2, -0.15) is 0 Å². The van der Waals surface area contributed by atoms with Crippen molar-refractivity contribution in [2.24, 2.45) is 0 Å². The average molecular weight is 285 g/mol. The van der Waals surface area contributed by atoms with Gasteiger partial charge in [0.25, 0.3) is 0 Å². The van der Waals surface area contributed by atoms with Crippen LogP contribution in [0, 0.1) is 0 Å². The average Bonchev–Trinajstić information content (AvgIpc) is 2.73. The van der Waals surface area contributed by atoms with E-state index in [1.165, 1.54) is 18.2 Å². The monoisotopic (exact) mass is 285 g/mol. The molecule has 1 aromatic rings. The minimum atomic E-state index is -0.845. The van der Waals surface area contributed by atoms with E-state index in [1.54, 1.807) is 7.11 Å². The highest BCUT2D eigenvalue weighted by atomic mass is 32.2. The predicted octanol–water partition coefficient (Wildman–Crippen LogP) is 1.59. The van der Waals surface area contributed by atoms with Crippen LogP contribution < -0.4 is 0 Å². The highest BCUT2D eigenvalue weighted by Crippen LogP contribution is 2.37. The van der Waals surface area contributed by atoms with Crippen LogP contribution in [0.4, 0.5) is 0 Å². The number of ether oxygens (including phenoxy) is 1. The van der Waals surface area contributed by atoms with E-state index < -0.39 is 5.97 Å². The third-order valence-electron chi connectivity index (χ3n) is 3.58. The Morgan fingerprint density at radius 3 is 2.74 bits per heavy atom. The lowest BCUT2D eigenvalue weighted by molar-refractivity contribution is -0.133. The molecule has 1 heterocycles. The summed E-state index contributed by atoms with van der Waals surface area (Å²) in [4.78, 5) is 10.7. The number of aromatic nitrogens is 3. The van der Waals surface area contributed by atoms with Crippen molar-refractivity contribution >= 4 is 17.7 Å². The van der Waals surface area contributed by atoms with Gasteiger partial charge in [-0.1, -0.05) is 18.7 Å². The number of aryl methyl sites for hydroxylation is 1. The molecule has 1 fully saturated rings. The molecule has 7 heteroatoms. The zero-order valence-electron chi connectivity index (χ0n) is 11.3. The Morgan fingerprint density at radius 1 is 1.53 bits per heavy atom. The van der Waals surface area contributed by atoms with Crippen LogP contribution in [-0.4, -0.2) is 44.3 Å². The second kappa shape index (κ2) is 5.92. The Morgan fingerprint density at radius 2 is 2.26 bits per heavy atom. The standard InChI is InChI=1S/C12H19N3O3S/c1-3-9-13-14-11(19-7-10(16)17)15(9)8-12(18-2)5-4-6-12/h3-8H2,1-2H3,(H,16,17). The van der Waals surface area contributed by atoms with Gasteiger partial charge in [0, 0.05) is 13.5 Å². The van der Waals surface area contributed by atoms with Gasteiger partial charge in [0.1, 0.15) is 5.82 Å². The first kappa shape index (κ1) is 14.3. The number of carboxylic acid groups (broad SMARTS) is 1. The normalized spacial score (nSPS) is 17.2. The van der Waals surface area contributed by atoms with Crippen molar-refractivity contribution in [1.29, 1.82) is 0 Å². The molecule has 1 saturated carbocycles. The largest absolute Gasteiger partial charge is 0.481 e. The zero-order chi connectivity index (χ0) is 13.9. The van der Waals surface area contributed by atoms with Gasteiger partial charge in [-0.05, 0) is 19.3 Å². The van der Waals surface area contributed by atoms with E-state index >= 15 is 0 Å². The van der Waals surface area contributed by atoms with Crippen molar-refractivity contribution in [2.45, 2.75) is 49.9 Å². The molecule has 6 nitrogen and oxygen atoms in total. The van der Waals surface area contributed by atoms with Gasteiger partial charge in [-0.15, -0.1) is 10.2 Å². The molecule has 1 aliphatic carbocycles. The Bertz CT molecular complexity index is 452. The summed E-state index contributed by atoms with van der Waals surface area (Å²) in [5.74, 6) is 0.0425. The second-order valence-electron chi connectivity index (χ2n) is 4.76. The van der Waals surface area contributed by atoms with Crippen LogP contribution in [0.2, 0.25) is 0 Å². The SMILES string of the molecule is CCc1nnc(SCC(=O)O)n1CC1(OC)CCC1. The van der Waals surface area contributed by atoms with E-state index in [1.807, 2.05) is 11.5 Å². The summed E-state index contributed by atoms with van der Waals surface area (Å²) >= 11 is 1.21. The van der Waals surface area contributed by atoms with Crippen molar-refractivity contribution in [3.8, 4) is 0 Å². The fourth-order valence-electron chi connectivity index (χ4n) is 2.26. The summed E-state index contributed by atoms with van der Waals surface area (Å²) in [6.45, 7) is 2.73. The van der Waals surface area contributed by atoms with Crippen LogP contribution >= 0.6 is 11.8 Å². The van der Waals surface area contributed by atoms with E-state index in [4.69, 9.17) is 9.84 Å². The van der Waals surface area contributed by atoms with Gasteiger partial charge < -0.3 is 14.4 Å². The van der Waals surface area contributed by atoms with Crippen LogP contribution in [0.15, 0.2) is 5.16 Å². The summed E-state index contributed by atoms with van der Waals surface area (Å²) in [6, 6.07) is 0. The summed E-state index contributed by atoms with van der Waals surface area (Å²) in [6.07, 6.45) is 4.02. The van der Waals surface area contributed by atoms with Crippen LogP contribution in [0.3, 0.4) is 0 Å². The lowest BCUT2D eigenvalue weighted by atomic mass is 9.80. The molecule has 0 aliphatic heterocycles. The number of aliphatic carboxylic acids is 1. The molecule has 0 unspecified atom stereocenters. The Balaban J connectivity index is 2.16. The first-order valence-electron chi connectivity index (χ1n) is 6.42. The minimum Gasteiger partial charge on any atom is -0.481 e.